The molecule has 0 heterocycles. The molecule has 1 amide bonds. The molecule has 0 aliphatic heterocycles. The lowest BCUT2D eigenvalue weighted by Gasteiger charge is -2.16. The number of aliphatic hydroxyl groups is 1. The summed E-state index contributed by atoms with van der Waals surface area (Å²) in [4.78, 5) is 11.7. The van der Waals surface area contributed by atoms with Gasteiger partial charge in [0, 0.05) is 19.6 Å². The summed E-state index contributed by atoms with van der Waals surface area (Å²) in [6.07, 6.45) is 10.9. The van der Waals surface area contributed by atoms with Crippen LogP contribution in [0.2, 0.25) is 0 Å². The number of hydrogen-bond acceptors (Lipinski definition) is 3. The first-order chi connectivity index (χ1) is 10.2. The minimum Gasteiger partial charge on any atom is -0.394 e. The number of unbranched alkanes of at least 4 members (excludes halogenated alkanes) is 7. The lowest BCUT2D eigenvalue weighted by Crippen LogP contribution is -2.35. The van der Waals surface area contributed by atoms with E-state index in [0.29, 0.717) is 19.6 Å². The highest BCUT2D eigenvalue weighted by Gasteiger charge is 2.09. The number of amides is 1. The monoisotopic (exact) mass is 301 g/mol. The minimum absolute atomic E-state index is 0.0403. The fourth-order valence-electron chi connectivity index (χ4n) is 2.13. The van der Waals surface area contributed by atoms with Gasteiger partial charge in [-0.3, -0.25) is 4.79 Å². The maximum Gasteiger partial charge on any atom is 0.220 e. The van der Waals surface area contributed by atoms with E-state index in [1.165, 1.54) is 32.1 Å². The first-order valence-corrected chi connectivity index (χ1v) is 8.73. The van der Waals surface area contributed by atoms with Crippen molar-refractivity contribution >= 4 is 5.91 Å². The van der Waals surface area contributed by atoms with Gasteiger partial charge in [0.15, 0.2) is 0 Å². The summed E-state index contributed by atoms with van der Waals surface area (Å²) in [7, 11) is 0. The molecule has 0 aromatic rings. The Kier molecular flexibility index (Phi) is 15.3. The zero-order valence-corrected chi connectivity index (χ0v) is 14.0. The van der Waals surface area contributed by atoms with Crippen LogP contribution in [-0.4, -0.2) is 36.9 Å². The van der Waals surface area contributed by atoms with Gasteiger partial charge in [-0.25, -0.2) is 0 Å². The molecule has 1 atom stereocenters. The standard InChI is InChI=1S/C17H35NO3/c1-3-5-7-8-9-10-11-12-17(20)18-14-16(15-19)21-13-6-4-2/h16,19H,3-15H2,1-2H3,(H,18,20)/t16-/m0/s1. The smallest absolute Gasteiger partial charge is 0.220 e. The summed E-state index contributed by atoms with van der Waals surface area (Å²) in [5, 5.41) is 12.0. The number of aliphatic hydroxyl groups excluding tert-OH is 1. The number of carbonyl (C=O) groups excluding carboxylic acids is 1. The molecule has 0 saturated heterocycles. The zero-order valence-electron chi connectivity index (χ0n) is 14.0. The molecule has 4 nitrogen and oxygen atoms in total. The molecule has 0 aliphatic carbocycles. The molecule has 0 aromatic heterocycles. The molecule has 0 saturated carbocycles. The van der Waals surface area contributed by atoms with Crippen molar-refractivity contribution in [3.05, 3.63) is 0 Å². The van der Waals surface area contributed by atoms with Crippen molar-refractivity contribution in [3.8, 4) is 0 Å². The normalized spacial score (nSPS) is 12.3. The third-order valence-corrected chi connectivity index (χ3v) is 3.59. The van der Waals surface area contributed by atoms with Crippen molar-refractivity contribution in [2.24, 2.45) is 0 Å². The summed E-state index contributed by atoms with van der Waals surface area (Å²) in [5.41, 5.74) is 0. The Bertz CT molecular complexity index is 234. The van der Waals surface area contributed by atoms with E-state index in [1.807, 2.05) is 0 Å². The van der Waals surface area contributed by atoms with Gasteiger partial charge in [-0.15, -0.1) is 0 Å². The summed E-state index contributed by atoms with van der Waals surface area (Å²) in [5.74, 6) is 0.0705. The van der Waals surface area contributed by atoms with Gasteiger partial charge in [-0.1, -0.05) is 58.8 Å². The Morgan fingerprint density at radius 1 is 1.00 bits per heavy atom. The molecular formula is C17H35NO3. The fourth-order valence-corrected chi connectivity index (χ4v) is 2.13. The van der Waals surface area contributed by atoms with E-state index in [9.17, 15) is 9.90 Å². The fraction of sp³-hybridized carbons (Fsp3) is 0.941. The summed E-state index contributed by atoms with van der Waals surface area (Å²) in [6.45, 7) is 5.34. The van der Waals surface area contributed by atoms with Crippen molar-refractivity contribution in [2.45, 2.75) is 84.2 Å². The van der Waals surface area contributed by atoms with Crippen LogP contribution < -0.4 is 5.32 Å². The summed E-state index contributed by atoms with van der Waals surface area (Å²) >= 11 is 0. The van der Waals surface area contributed by atoms with Crippen molar-refractivity contribution in [2.75, 3.05) is 19.8 Å². The van der Waals surface area contributed by atoms with Gasteiger partial charge >= 0.3 is 0 Å². The Labute approximate surface area is 130 Å². The van der Waals surface area contributed by atoms with Crippen molar-refractivity contribution in [1.29, 1.82) is 0 Å². The molecule has 0 aromatic carbocycles. The van der Waals surface area contributed by atoms with Crippen LogP contribution in [0.25, 0.3) is 0 Å². The van der Waals surface area contributed by atoms with E-state index in [2.05, 4.69) is 19.2 Å². The average molecular weight is 301 g/mol. The van der Waals surface area contributed by atoms with Crippen molar-refractivity contribution in [1.82, 2.24) is 5.32 Å². The maximum atomic E-state index is 11.7. The van der Waals surface area contributed by atoms with E-state index in [0.717, 1.165) is 25.7 Å². The molecular weight excluding hydrogens is 266 g/mol. The number of ether oxygens (including phenoxy) is 1. The van der Waals surface area contributed by atoms with Crippen molar-refractivity contribution in [3.63, 3.8) is 0 Å². The average Bonchev–Trinajstić information content (AvgIpc) is 2.49. The molecule has 0 bridgehead atoms. The maximum absolute atomic E-state index is 11.7. The molecule has 0 fully saturated rings. The van der Waals surface area contributed by atoms with Gasteiger partial charge < -0.3 is 15.2 Å². The first kappa shape index (κ1) is 20.4. The SMILES string of the molecule is CCCCCCCCCC(=O)NC[C@@H](CO)OCCCC. The Morgan fingerprint density at radius 2 is 1.62 bits per heavy atom. The number of hydrogen-bond donors (Lipinski definition) is 2. The number of carbonyl (C=O) groups is 1. The Morgan fingerprint density at radius 3 is 2.24 bits per heavy atom. The van der Waals surface area contributed by atoms with Crippen LogP contribution >= 0.6 is 0 Å². The lowest BCUT2D eigenvalue weighted by atomic mass is 10.1. The molecule has 21 heavy (non-hydrogen) atoms. The van der Waals surface area contributed by atoms with Gasteiger partial charge in [-0.2, -0.15) is 0 Å². The Balaban J connectivity index is 3.46. The first-order valence-electron chi connectivity index (χ1n) is 8.73. The topological polar surface area (TPSA) is 58.6 Å². The van der Waals surface area contributed by atoms with E-state index in [4.69, 9.17) is 4.74 Å². The minimum atomic E-state index is -0.269. The van der Waals surface area contributed by atoms with Gasteiger partial charge in [0.05, 0.1) is 12.7 Å². The molecule has 2 N–H and O–H groups in total. The third kappa shape index (κ3) is 14.1. The predicted octanol–water partition coefficient (Wildman–Crippen LogP) is 3.42. The highest BCUT2D eigenvalue weighted by atomic mass is 16.5. The number of nitrogens with one attached hydrogen (secondary N) is 1. The molecule has 126 valence electrons. The molecule has 4 heteroatoms. The summed E-state index contributed by atoms with van der Waals surface area (Å²) < 4.78 is 5.50. The largest absolute Gasteiger partial charge is 0.394 e. The number of rotatable bonds is 15. The van der Waals surface area contributed by atoms with Gasteiger partial charge in [0.25, 0.3) is 0 Å². The lowest BCUT2D eigenvalue weighted by molar-refractivity contribution is -0.122. The summed E-state index contributed by atoms with van der Waals surface area (Å²) in [6, 6.07) is 0. The molecule has 0 spiro atoms. The quantitative estimate of drug-likeness (QED) is 0.456. The second-order valence-electron chi connectivity index (χ2n) is 5.70. The highest BCUT2D eigenvalue weighted by molar-refractivity contribution is 5.75. The molecule has 0 aliphatic rings. The van der Waals surface area contributed by atoms with Crippen LogP contribution in [0.4, 0.5) is 0 Å². The zero-order chi connectivity index (χ0) is 15.8. The van der Waals surface area contributed by atoms with Crippen LogP contribution in [0.15, 0.2) is 0 Å². The van der Waals surface area contributed by atoms with Gasteiger partial charge in [-0.05, 0) is 12.8 Å². The van der Waals surface area contributed by atoms with E-state index in [1.54, 1.807) is 0 Å². The third-order valence-electron chi connectivity index (χ3n) is 3.59. The van der Waals surface area contributed by atoms with Crippen LogP contribution in [0.5, 0.6) is 0 Å². The van der Waals surface area contributed by atoms with E-state index >= 15 is 0 Å². The highest BCUT2D eigenvalue weighted by Crippen LogP contribution is 2.08. The second kappa shape index (κ2) is 15.8. The van der Waals surface area contributed by atoms with Crippen LogP contribution in [0.1, 0.15) is 78.1 Å². The van der Waals surface area contributed by atoms with Crippen LogP contribution in [0.3, 0.4) is 0 Å². The Hall–Kier alpha value is -0.610. The van der Waals surface area contributed by atoms with Crippen LogP contribution in [0, 0.1) is 0 Å². The predicted molar refractivity (Wildman–Crippen MR) is 87.4 cm³/mol. The van der Waals surface area contributed by atoms with E-state index < -0.39 is 0 Å². The van der Waals surface area contributed by atoms with E-state index in [-0.39, 0.29) is 18.6 Å². The molecule has 0 unspecified atom stereocenters. The van der Waals surface area contributed by atoms with Crippen molar-refractivity contribution < 1.29 is 14.6 Å². The van der Waals surface area contributed by atoms with Gasteiger partial charge in [0.1, 0.15) is 0 Å². The molecule has 0 rings (SSSR count). The van der Waals surface area contributed by atoms with Crippen LogP contribution in [-0.2, 0) is 9.53 Å². The molecule has 0 radical (unpaired) electrons. The second-order valence-corrected chi connectivity index (χ2v) is 5.70. The van der Waals surface area contributed by atoms with Gasteiger partial charge in [0.2, 0.25) is 5.91 Å².